The number of thioether (sulfide) groups is 1. The molecule has 2 aromatic carbocycles. The predicted molar refractivity (Wildman–Crippen MR) is 161 cm³/mol. The summed E-state index contributed by atoms with van der Waals surface area (Å²) in [6.07, 6.45) is -4.72. The van der Waals surface area contributed by atoms with E-state index in [-0.39, 0.29) is 19.1 Å². The number of benzene rings is 2. The fourth-order valence-corrected chi connectivity index (χ4v) is 6.56. The first kappa shape index (κ1) is 33.0. The van der Waals surface area contributed by atoms with Gasteiger partial charge in [-0.3, -0.25) is 24.1 Å². The van der Waals surface area contributed by atoms with E-state index in [1.165, 1.54) is 34.6 Å². The molecule has 0 spiro atoms. The number of carbonyl (C=O) groups is 3. The highest BCUT2D eigenvalue weighted by Crippen LogP contribution is 2.45. The summed E-state index contributed by atoms with van der Waals surface area (Å²) >= 11 is 8.32. The van der Waals surface area contributed by atoms with Crippen LogP contribution in [0, 0.1) is 0 Å². The molecule has 0 bridgehead atoms. The lowest BCUT2D eigenvalue weighted by molar-refractivity contribution is -0.173. The Kier molecular flexibility index (Phi) is 9.72. The van der Waals surface area contributed by atoms with Gasteiger partial charge in [0.25, 0.3) is 5.91 Å². The zero-order valence-corrected chi connectivity index (χ0v) is 26.1. The number of hydrogen-bond acceptors (Lipinski definition) is 9. The number of ether oxygens (including phenoxy) is 3. The molecule has 5 rings (SSSR count). The fraction of sp³-hybridized carbons (Fsp3) is 0.333. The van der Waals surface area contributed by atoms with Gasteiger partial charge in [-0.2, -0.15) is 13.2 Å². The molecule has 0 saturated heterocycles. The first-order valence-electron chi connectivity index (χ1n) is 13.9. The molecule has 0 saturated carbocycles. The predicted octanol–water partition coefficient (Wildman–Crippen LogP) is 4.82. The van der Waals surface area contributed by atoms with Crippen molar-refractivity contribution in [2.45, 2.75) is 42.8 Å². The van der Waals surface area contributed by atoms with Crippen LogP contribution in [0.2, 0.25) is 5.02 Å². The molecule has 16 heteroatoms. The molecule has 0 unspecified atom stereocenters. The molecule has 2 atom stereocenters. The Labute approximate surface area is 270 Å². The number of nitrogens with zero attached hydrogens (tertiary/aromatic N) is 3. The van der Waals surface area contributed by atoms with E-state index >= 15 is 0 Å². The molecule has 2 aliphatic rings. The summed E-state index contributed by atoms with van der Waals surface area (Å²) in [6, 6.07) is 10.8. The van der Waals surface area contributed by atoms with E-state index in [1.54, 1.807) is 18.2 Å². The Hall–Kier alpha value is -4.37. The summed E-state index contributed by atoms with van der Waals surface area (Å²) in [4.78, 5) is 51.3. The summed E-state index contributed by atoms with van der Waals surface area (Å²) < 4.78 is 58.9. The largest absolute Gasteiger partial charge is 0.511 e. The molecule has 0 aliphatic carbocycles. The Morgan fingerprint density at radius 3 is 2.61 bits per heavy atom. The van der Waals surface area contributed by atoms with Gasteiger partial charge in [0.1, 0.15) is 25.4 Å². The molecule has 1 N–H and O–H groups in total. The summed E-state index contributed by atoms with van der Waals surface area (Å²) in [5, 5.41) is 4.32. The second kappa shape index (κ2) is 13.5. The number of halogens is 4. The first-order chi connectivity index (χ1) is 21.9. The van der Waals surface area contributed by atoms with Crippen LogP contribution in [0.4, 0.5) is 18.0 Å². The molecular weight excluding hydrogens is 653 g/mol. The number of hydrogen-bond donors (Lipinski definition) is 1. The number of alkyl halides is 3. The highest BCUT2D eigenvalue weighted by Gasteiger charge is 2.48. The molecule has 3 heterocycles. The van der Waals surface area contributed by atoms with Crippen LogP contribution < -0.4 is 20.5 Å². The summed E-state index contributed by atoms with van der Waals surface area (Å²) in [6.45, 7) is 0.512. The Balaban J connectivity index is 1.58. The summed E-state index contributed by atoms with van der Waals surface area (Å²) in [5.74, 6) is -1.55. The fourth-order valence-electron chi connectivity index (χ4n) is 5.18. The SMILES string of the molecule is CC(=O)NCCOC(=O)OCOc1c2n(ccc1=O)N([C@H]1c3ccccc3SCc3cccc(Cl)c31)CN([C@H](C)C(F)(F)F)C2=O. The van der Waals surface area contributed by atoms with E-state index in [0.717, 1.165) is 29.0 Å². The van der Waals surface area contributed by atoms with E-state index in [9.17, 15) is 32.3 Å². The zero-order chi connectivity index (χ0) is 33.2. The highest BCUT2D eigenvalue weighted by molar-refractivity contribution is 7.98. The Morgan fingerprint density at radius 1 is 1.11 bits per heavy atom. The molecule has 0 radical (unpaired) electrons. The van der Waals surface area contributed by atoms with Gasteiger partial charge in [0.15, 0.2) is 5.69 Å². The van der Waals surface area contributed by atoms with Crippen molar-refractivity contribution in [3.8, 4) is 5.75 Å². The third kappa shape index (κ3) is 6.75. The monoisotopic (exact) mass is 680 g/mol. The number of carbonyl (C=O) groups excluding carboxylic acids is 3. The quantitative estimate of drug-likeness (QED) is 0.203. The maximum absolute atomic E-state index is 14.2. The van der Waals surface area contributed by atoms with Gasteiger partial charge in [-0.05, 0) is 30.2 Å². The second-order valence-electron chi connectivity index (χ2n) is 10.3. The maximum Gasteiger partial charge on any atom is 0.511 e. The number of nitrogens with one attached hydrogen (secondary N) is 1. The van der Waals surface area contributed by atoms with Gasteiger partial charge in [-0.1, -0.05) is 41.9 Å². The van der Waals surface area contributed by atoms with Crippen molar-refractivity contribution in [1.82, 2.24) is 14.9 Å². The minimum atomic E-state index is -4.81. The van der Waals surface area contributed by atoms with Crippen molar-refractivity contribution in [2.24, 2.45) is 0 Å². The molecule has 11 nitrogen and oxygen atoms in total. The van der Waals surface area contributed by atoms with Crippen LogP contribution in [0.3, 0.4) is 0 Å². The van der Waals surface area contributed by atoms with Gasteiger partial charge >= 0.3 is 12.3 Å². The molecule has 0 fully saturated rings. The third-order valence-electron chi connectivity index (χ3n) is 7.40. The normalized spacial score (nSPS) is 16.4. The van der Waals surface area contributed by atoms with Crippen LogP contribution in [0.25, 0.3) is 0 Å². The first-order valence-corrected chi connectivity index (χ1v) is 15.3. The number of fused-ring (bicyclic) bond motifs is 3. The molecule has 3 aromatic rings. The van der Waals surface area contributed by atoms with Gasteiger partial charge in [-0.15, -0.1) is 11.8 Å². The average molecular weight is 681 g/mol. The van der Waals surface area contributed by atoms with Gasteiger partial charge < -0.3 is 24.4 Å². The van der Waals surface area contributed by atoms with Crippen LogP contribution in [0.15, 0.2) is 64.4 Å². The van der Waals surface area contributed by atoms with Crippen molar-refractivity contribution in [3.05, 3.63) is 92.4 Å². The third-order valence-corrected chi connectivity index (χ3v) is 8.87. The summed E-state index contributed by atoms with van der Waals surface area (Å²) in [5.41, 5.74) is 0.869. The number of rotatable bonds is 8. The lowest BCUT2D eigenvalue weighted by Crippen LogP contribution is -2.60. The van der Waals surface area contributed by atoms with Gasteiger partial charge in [-0.25, -0.2) is 4.79 Å². The van der Waals surface area contributed by atoms with Crippen molar-refractivity contribution in [1.29, 1.82) is 0 Å². The molecule has 1 aromatic heterocycles. The van der Waals surface area contributed by atoms with E-state index in [4.69, 9.17) is 25.8 Å². The average Bonchev–Trinajstić information content (AvgIpc) is 3.17. The Bertz CT molecular complexity index is 1720. The van der Waals surface area contributed by atoms with E-state index in [1.807, 2.05) is 24.3 Å². The minimum Gasteiger partial charge on any atom is -0.451 e. The molecule has 244 valence electrons. The number of aromatic nitrogens is 1. The molecule has 2 amide bonds. The van der Waals surface area contributed by atoms with Crippen LogP contribution in [-0.4, -0.2) is 66.4 Å². The maximum atomic E-state index is 14.2. The van der Waals surface area contributed by atoms with Crippen molar-refractivity contribution in [3.63, 3.8) is 0 Å². The molecule has 2 aliphatic heterocycles. The van der Waals surface area contributed by atoms with Crippen molar-refractivity contribution in [2.75, 3.05) is 31.6 Å². The van der Waals surface area contributed by atoms with Crippen LogP contribution >= 0.6 is 23.4 Å². The lowest BCUT2D eigenvalue weighted by Gasteiger charge is -2.46. The van der Waals surface area contributed by atoms with Gasteiger partial charge in [0.2, 0.25) is 23.9 Å². The number of pyridine rings is 1. The van der Waals surface area contributed by atoms with Crippen LogP contribution in [-0.2, 0) is 20.0 Å². The van der Waals surface area contributed by atoms with E-state index < -0.39 is 60.7 Å². The van der Waals surface area contributed by atoms with Crippen LogP contribution in [0.1, 0.15) is 47.1 Å². The smallest absolute Gasteiger partial charge is 0.451 e. The Morgan fingerprint density at radius 2 is 1.87 bits per heavy atom. The minimum absolute atomic E-state index is 0.0202. The van der Waals surface area contributed by atoms with Crippen LogP contribution in [0.5, 0.6) is 5.75 Å². The topological polar surface area (TPSA) is 119 Å². The standard InChI is InChI=1S/C30H28ClF3N4O7S/c1-17(30(32,33)34)36-15-38(25-20-7-3-4-9-23(20)46-14-19-6-5-8-21(31)24(19)25)37-12-10-22(40)27(26(37)28(36)41)44-16-45-29(42)43-13-11-35-18(2)39/h3-10,12,17,25H,11,13-16H2,1-2H3,(H,35,39)/t17-,25+/m1/s1. The van der Waals surface area contributed by atoms with Gasteiger partial charge in [0.05, 0.1) is 6.54 Å². The van der Waals surface area contributed by atoms with Gasteiger partial charge in [0, 0.05) is 40.4 Å². The molecule has 46 heavy (non-hydrogen) atoms. The second-order valence-corrected chi connectivity index (χ2v) is 11.7. The van der Waals surface area contributed by atoms with E-state index in [0.29, 0.717) is 21.2 Å². The number of amides is 2. The zero-order valence-electron chi connectivity index (χ0n) is 24.5. The highest BCUT2D eigenvalue weighted by atomic mass is 35.5. The van der Waals surface area contributed by atoms with Crippen molar-refractivity contribution < 1.29 is 41.8 Å². The lowest BCUT2D eigenvalue weighted by atomic mass is 9.94. The molecular formula is C30H28ClF3N4O7S. The summed E-state index contributed by atoms with van der Waals surface area (Å²) in [7, 11) is 0. The van der Waals surface area contributed by atoms with Crippen molar-refractivity contribution >= 4 is 41.3 Å². The van der Waals surface area contributed by atoms with E-state index in [2.05, 4.69) is 5.32 Å².